The third-order valence-electron chi connectivity index (χ3n) is 6.56. The number of hydrogen-bond donors (Lipinski definition) is 1. The molecule has 33 heavy (non-hydrogen) atoms. The summed E-state index contributed by atoms with van der Waals surface area (Å²) in [5.41, 5.74) is 1.94. The van der Waals surface area contributed by atoms with Gasteiger partial charge >= 0.3 is 6.03 Å². The van der Waals surface area contributed by atoms with Crippen LogP contribution in [0.15, 0.2) is 47.4 Å². The molecule has 0 saturated carbocycles. The van der Waals surface area contributed by atoms with Crippen LogP contribution < -0.4 is 5.32 Å². The second-order valence-corrected chi connectivity index (χ2v) is 10.7. The molecule has 1 unspecified atom stereocenters. The molecular weight excluding hydrogens is 440 g/mol. The molecular formula is C24H26N4O4S. The molecule has 1 atom stereocenters. The van der Waals surface area contributed by atoms with Crippen LogP contribution in [-0.4, -0.2) is 48.2 Å². The standard InChI is InChI=1S/C24H26N4O4S/c1-17-7-8-21(13-18(17)2)33(31,32)27-11-4-9-24(10-12-27)22(29)28(23(30)26-24)16-20-6-3-5-19(14-20)15-25/h3,5-8,13-14H,4,9-12,16H2,1-2H3,(H,26,30). The first-order chi connectivity index (χ1) is 15.7. The van der Waals surface area contributed by atoms with Crippen LogP contribution in [0.2, 0.25) is 0 Å². The van der Waals surface area contributed by atoms with Gasteiger partial charge in [-0.25, -0.2) is 13.2 Å². The minimum absolute atomic E-state index is 0.0621. The summed E-state index contributed by atoms with van der Waals surface area (Å²) in [5.74, 6) is -0.347. The Balaban J connectivity index is 1.52. The lowest BCUT2D eigenvalue weighted by atomic mass is 9.90. The first-order valence-electron chi connectivity index (χ1n) is 10.9. The zero-order chi connectivity index (χ0) is 23.8. The van der Waals surface area contributed by atoms with E-state index in [4.69, 9.17) is 5.26 Å². The normalized spacial score (nSPS) is 21.7. The zero-order valence-electron chi connectivity index (χ0n) is 18.7. The monoisotopic (exact) mass is 466 g/mol. The van der Waals surface area contributed by atoms with Gasteiger partial charge in [-0.05, 0) is 74.1 Å². The molecule has 3 amide bonds. The van der Waals surface area contributed by atoms with Crippen molar-refractivity contribution in [1.82, 2.24) is 14.5 Å². The Bertz CT molecular complexity index is 1270. The van der Waals surface area contributed by atoms with E-state index in [1.54, 1.807) is 42.5 Å². The van der Waals surface area contributed by atoms with Gasteiger partial charge in [0.05, 0.1) is 23.1 Å². The van der Waals surface area contributed by atoms with Crippen molar-refractivity contribution in [2.75, 3.05) is 13.1 Å². The van der Waals surface area contributed by atoms with Gasteiger partial charge in [-0.1, -0.05) is 18.2 Å². The van der Waals surface area contributed by atoms with Crippen LogP contribution in [0, 0.1) is 25.2 Å². The SMILES string of the molecule is Cc1ccc(S(=O)(=O)N2CCCC3(CC2)NC(=O)N(Cc2cccc(C#N)c2)C3=O)cc1C. The molecule has 1 spiro atoms. The predicted octanol–water partition coefficient (Wildman–Crippen LogP) is 2.84. The van der Waals surface area contributed by atoms with Crippen molar-refractivity contribution < 1.29 is 18.0 Å². The number of imide groups is 1. The smallest absolute Gasteiger partial charge is 0.323 e. The number of carbonyl (C=O) groups excluding carboxylic acids is 2. The summed E-state index contributed by atoms with van der Waals surface area (Å²) < 4.78 is 27.9. The van der Waals surface area contributed by atoms with Crippen molar-refractivity contribution in [3.8, 4) is 6.07 Å². The fourth-order valence-electron chi connectivity index (χ4n) is 4.45. The number of amides is 3. The average molecular weight is 467 g/mol. The van der Waals surface area contributed by atoms with Crippen molar-refractivity contribution in [2.45, 2.75) is 50.1 Å². The van der Waals surface area contributed by atoms with E-state index in [0.717, 1.165) is 16.0 Å². The Hall–Kier alpha value is -3.22. The summed E-state index contributed by atoms with van der Waals surface area (Å²) >= 11 is 0. The van der Waals surface area contributed by atoms with Gasteiger partial charge in [-0.15, -0.1) is 0 Å². The highest BCUT2D eigenvalue weighted by Crippen LogP contribution is 2.32. The molecule has 0 radical (unpaired) electrons. The van der Waals surface area contributed by atoms with Gasteiger partial charge in [0.2, 0.25) is 10.0 Å². The van der Waals surface area contributed by atoms with Crippen molar-refractivity contribution in [3.63, 3.8) is 0 Å². The molecule has 172 valence electrons. The van der Waals surface area contributed by atoms with Crippen LogP contribution in [0.3, 0.4) is 0 Å². The highest BCUT2D eigenvalue weighted by molar-refractivity contribution is 7.89. The molecule has 2 aliphatic heterocycles. The zero-order valence-corrected chi connectivity index (χ0v) is 19.5. The Kier molecular flexibility index (Phi) is 5.99. The molecule has 4 rings (SSSR count). The number of nitrogens with one attached hydrogen (secondary N) is 1. The van der Waals surface area contributed by atoms with E-state index in [2.05, 4.69) is 11.4 Å². The molecule has 0 aromatic heterocycles. The largest absolute Gasteiger partial charge is 0.325 e. The number of nitrogens with zero attached hydrogens (tertiary/aromatic N) is 3. The van der Waals surface area contributed by atoms with E-state index in [1.165, 1.54) is 4.31 Å². The number of nitriles is 1. The predicted molar refractivity (Wildman–Crippen MR) is 121 cm³/mol. The van der Waals surface area contributed by atoms with Gasteiger partial charge in [-0.2, -0.15) is 9.57 Å². The number of aryl methyl sites for hydroxylation is 2. The van der Waals surface area contributed by atoms with Crippen LogP contribution in [0.4, 0.5) is 4.79 Å². The van der Waals surface area contributed by atoms with Gasteiger partial charge in [0.25, 0.3) is 5.91 Å². The molecule has 0 bridgehead atoms. The number of benzene rings is 2. The highest BCUT2D eigenvalue weighted by Gasteiger charge is 2.51. The topological polar surface area (TPSA) is 111 Å². The van der Waals surface area contributed by atoms with Crippen molar-refractivity contribution >= 4 is 22.0 Å². The Morgan fingerprint density at radius 3 is 2.58 bits per heavy atom. The van der Waals surface area contributed by atoms with Crippen molar-refractivity contribution in [3.05, 3.63) is 64.7 Å². The third-order valence-corrected chi connectivity index (χ3v) is 8.45. The molecule has 2 aromatic carbocycles. The maximum atomic E-state index is 13.3. The second-order valence-electron chi connectivity index (χ2n) is 8.72. The van der Waals surface area contributed by atoms with Crippen molar-refractivity contribution in [2.24, 2.45) is 0 Å². The van der Waals surface area contributed by atoms with E-state index < -0.39 is 21.6 Å². The van der Waals surface area contributed by atoms with Crippen LogP contribution in [0.1, 0.15) is 41.5 Å². The molecule has 2 aromatic rings. The first-order valence-corrected chi connectivity index (χ1v) is 12.3. The summed E-state index contributed by atoms with van der Waals surface area (Å²) in [6.07, 6.45) is 1.02. The minimum atomic E-state index is -3.71. The molecule has 2 aliphatic rings. The molecule has 0 aliphatic carbocycles. The molecule has 9 heteroatoms. The van der Waals surface area contributed by atoms with Gasteiger partial charge in [0.15, 0.2) is 0 Å². The molecule has 2 saturated heterocycles. The van der Waals surface area contributed by atoms with Gasteiger partial charge in [-0.3, -0.25) is 9.69 Å². The van der Waals surface area contributed by atoms with Gasteiger partial charge in [0, 0.05) is 13.1 Å². The van der Waals surface area contributed by atoms with Gasteiger partial charge < -0.3 is 5.32 Å². The summed E-state index contributed by atoms with van der Waals surface area (Å²) in [7, 11) is -3.71. The van der Waals surface area contributed by atoms with Crippen LogP contribution >= 0.6 is 0 Å². The number of carbonyl (C=O) groups is 2. The van der Waals surface area contributed by atoms with E-state index in [1.807, 2.05) is 13.8 Å². The summed E-state index contributed by atoms with van der Waals surface area (Å²) in [6.45, 7) is 4.29. The Labute approximate surface area is 193 Å². The van der Waals surface area contributed by atoms with Gasteiger partial charge in [0.1, 0.15) is 5.54 Å². The number of hydrogen-bond acceptors (Lipinski definition) is 5. The highest BCUT2D eigenvalue weighted by atomic mass is 32.2. The maximum Gasteiger partial charge on any atom is 0.325 e. The first kappa shape index (κ1) is 23.0. The van der Waals surface area contributed by atoms with E-state index >= 15 is 0 Å². The maximum absolute atomic E-state index is 13.3. The number of rotatable bonds is 4. The lowest BCUT2D eigenvalue weighted by Crippen LogP contribution is -2.47. The van der Waals surface area contributed by atoms with E-state index in [-0.39, 0.29) is 36.9 Å². The average Bonchev–Trinajstić information content (AvgIpc) is 2.94. The fourth-order valence-corrected chi connectivity index (χ4v) is 6.02. The van der Waals surface area contributed by atoms with E-state index in [9.17, 15) is 18.0 Å². The number of sulfonamides is 1. The molecule has 1 N–H and O–H groups in total. The molecule has 8 nitrogen and oxygen atoms in total. The summed E-state index contributed by atoms with van der Waals surface area (Å²) in [4.78, 5) is 27.4. The fraction of sp³-hybridized carbons (Fsp3) is 0.375. The summed E-state index contributed by atoms with van der Waals surface area (Å²) in [6, 6.07) is 13.4. The molecule has 2 heterocycles. The van der Waals surface area contributed by atoms with Crippen LogP contribution in [0.5, 0.6) is 0 Å². The van der Waals surface area contributed by atoms with E-state index in [0.29, 0.717) is 24.0 Å². The number of urea groups is 1. The van der Waals surface area contributed by atoms with Crippen molar-refractivity contribution in [1.29, 1.82) is 5.26 Å². The lowest BCUT2D eigenvalue weighted by molar-refractivity contribution is -0.132. The van der Waals surface area contributed by atoms with Crippen LogP contribution in [0.25, 0.3) is 0 Å². The quantitative estimate of drug-likeness (QED) is 0.697. The minimum Gasteiger partial charge on any atom is -0.323 e. The third kappa shape index (κ3) is 4.24. The molecule has 2 fully saturated rings. The Morgan fingerprint density at radius 1 is 1.06 bits per heavy atom. The Morgan fingerprint density at radius 2 is 1.85 bits per heavy atom. The second kappa shape index (κ2) is 8.61. The lowest BCUT2D eigenvalue weighted by Gasteiger charge is -2.25. The van der Waals surface area contributed by atoms with Crippen LogP contribution in [-0.2, 0) is 21.4 Å². The summed E-state index contributed by atoms with van der Waals surface area (Å²) in [5, 5.41) is 11.9.